The van der Waals surface area contributed by atoms with Crippen LogP contribution in [-0.2, 0) is 5.75 Å². The molecule has 90 valence electrons. The summed E-state index contributed by atoms with van der Waals surface area (Å²) in [7, 11) is 0. The zero-order valence-corrected chi connectivity index (χ0v) is 10.7. The minimum atomic E-state index is 0.268. The molecule has 2 aromatic heterocycles. The van der Waals surface area contributed by atoms with E-state index in [9.17, 15) is 0 Å². The van der Waals surface area contributed by atoms with Crippen molar-refractivity contribution < 1.29 is 0 Å². The van der Waals surface area contributed by atoms with Gasteiger partial charge in [-0.3, -0.25) is 9.55 Å². The number of hydrogen-bond donors (Lipinski definition) is 1. The Kier molecular flexibility index (Phi) is 3.63. The molecule has 17 heavy (non-hydrogen) atoms. The van der Waals surface area contributed by atoms with Crippen molar-refractivity contribution in [3.63, 3.8) is 0 Å². The molecule has 0 amide bonds. The van der Waals surface area contributed by atoms with Crippen LogP contribution < -0.4 is 5.73 Å². The van der Waals surface area contributed by atoms with Gasteiger partial charge in [-0.15, -0.1) is 10.2 Å². The number of nitrogen functional groups attached to an aromatic ring is 1. The fourth-order valence-electron chi connectivity index (χ4n) is 1.50. The van der Waals surface area contributed by atoms with Gasteiger partial charge in [-0.2, -0.15) is 0 Å². The summed E-state index contributed by atoms with van der Waals surface area (Å²) in [5.74, 6) is 1.31. The number of nitrogens with zero attached hydrogens (tertiary/aromatic N) is 4. The second-order valence-electron chi connectivity index (χ2n) is 3.95. The predicted molar refractivity (Wildman–Crippen MR) is 68.6 cm³/mol. The Labute approximate surface area is 104 Å². The number of anilines is 1. The van der Waals surface area contributed by atoms with E-state index in [2.05, 4.69) is 29.0 Å². The number of thioether (sulfide) groups is 1. The first kappa shape index (κ1) is 11.9. The Bertz CT molecular complexity index is 480. The SMILES string of the molecule is CC(C)n1c(N)nnc1SCc1ccncc1. The van der Waals surface area contributed by atoms with E-state index >= 15 is 0 Å². The first-order chi connectivity index (χ1) is 8.18. The standard InChI is InChI=1S/C11H15N5S/c1-8(2)16-10(12)14-15-11(16)17-7-9-3-5-13-6-4-9/h3-6,8H,7H2,1-2H3,(H2,12,14). The first-order valence-corrected chi connectivity index (χ1v) is 6.39. The lowest BCUT2D eigenvalue weighted by Crippen LogP contribution is -2.06. The molecular weight excluding hydrogens is 234 g/mol. The first-order valence-electron chi connectivity index (χ1n) is 5.40. The van der Waals surface area contributed by atoms with Gasteiger partial charge in [-0.1, -0.05) is 11.8 Å². The van der Waals surface area contributed by atoms with Gasteiger partial charge >= 0.3 is 0 Å². The summed E-state index contributed by atoms with van der Waals surface area (Å²) < 4.78 is 1.94. The minimum absolute atomic E-state index is 0.268. The molecule has 2 aromatic rings. The van der Waals surface area contributed by atoms with Crippen LogP contribution in [0.3, 0.4) is 0 Å². The normalized spacial score (nSPS) is 11.0. The van der Waals surface area contributed by atoms with Crippen LogP contribution in [-0.4, -0.2) is 19.7 Å². The molecular formula is C11H15N5S. The molecule has 0 fully saturated rings. The summed E-state index contributed by atoms with van der Waals surface area (Å²) in [4.78, 5) is 3.99. The highest BCUT2D eigenvalue weighted by Crippen LogP contribution is 2.25. The van der Waals surface area contributed by atoms with Gasteiger partial charge in [-0.25, -0.2) is 0 Å². The Hall–Kier alpha value is -1.56. The van der Waals surface area contributed by atoms with E-state index < -0.39 is 0 Å². The Morgan fingerprint density at radius 1 is 1.29 bits per heavy atom. The molecule has 0 atom stereocenters. The number of nitrogens with two attached hydrogens (primary N) is 1. The molecule has 0 spiro atoms. The summed E-state index contributed by atoms with van der Waals surface area (Å²) in [5.41, 5.74) is 6.99. The molecule has 0 saturated carbocycles. The van der Waals surface area contributed by atoms with Crippen LogP contribution >= 0.6 is 11.8 Å². The molecule has 0 aliphatic heterocycles. The van der Waals surface area contributed by atoms with Crippen molar-refractivity contribution >= 4 is 17.7 Å². The number of pyridine rings is 1. The van der Waals surface area contributed by atoms with E-state index in [-0.39, 0.29) is 6.04 Å². The maximum absolute atomic E-state index is 5.78. The molecule has 0 aromatic carbocycles. The molecule has 2 heterocycles. The summed E-state index contributed by atoms with van der Waals surface area (Å²) in [6.07, 6.45) is 3.58. The summed E-state index contributed by atoms with van der Waals surface area (Å²) in [6.45, 7) is 4.13. The third-order valence-electron chi connectivity index (χ3n) is 2.32. The number of hydrogen-bond acceptors (Lipinski definition) is 5. The van der Waals surface area contributed by atoms with Crippen LogP contribution in [0.2, 0.25) is 0 Å². The largest absolute Gasteiger partial charge is 0.368 e. The van der Waals surface area contributed by atoms with Crippen LogP contribution in [0.4, 0.5) is 5.95 Å². The molecule has 2 rings (SSSR count). The molecule has 2 N–H and O–H groups in total. The maximum Gasteiger partial charge on any atom is 0.222 e. The Morgan fingerprint density at radius 2 is 2.00 bits per heavy atom. The molecule has 0 unspecified atom stereocenters. The van der Waals surface area contributed by atoms with Gasteiger partial charge in [0, 0.05) is 24.2 Å². The smallest absolute Gasteiger partial charge is 0.222 e. The quantitative estimate of drug-likeness (QED) is 0.841. The van der Waals surface area contributed by atoms with Crippen LogP contribution in [0.15, 0.2) is 29.7 Å². The average Bonchev–Trinajstić information content (AvgIpc) is 2.69. The van der Waals surface area contributed by atoms with Crippen molar-refractivity contribution in [2.75, 3.05) is 5.73 Å². The lowest BCUT2D eigenvalue weighted by Gasteiger charge is -2.11. The highest BCUT2D eigenvalue weighted by Gasteiger charge is 2.12. The van der Waals surface area contributed by atoms with Crippen molar-refractivity contribution in [1.82, 2.24) is 19.7 Å². The number of rotatable bonds is 4. The molecule has 0 saturated heterocycles. The Morgan fingerprint density at radius 3 is 2.65 bits per heavy atom. The molecule has 0 aliphatic carbocycles. The average molecular weight is 249 g/mol. The van der Waals surface area contributed by atoms with Gasteiger partial charge in [0.15, 0.2) is 5.16 Å². The summed E-state index contributed by atoms with van der Waals surface area (Å²) in [6, 6.07) is 4.25. The molecule has 0 radical (unpaired) electrons. The van der Waals surface area contributed by atoms with Gasteiger partial charge in [0.2, 0.25) is 5.95 Å². The molecule has 6 heteroatoms. The molecule has 0 bridgehead atoms. The van der Waals surface area contributed by atoms with E-state index in [0.717, 1.165) is 10.9 Å². The van der Waals surface area contributed by atoms with Crippen molar-refractivity contribution in [2.45, 2.75) is 30.8 Å². The summed E-state index contributed by atoms with van der Waals surface area (Å²) in [5, 5.41) is 8.85. The van der Waals surface area contributed by atoms with E-state index in [1.807, 2.05) is 16.7 Å². The Balaban J connectivity index is 2.09. The number of aromatic nitrogens is 4. The second-order valence-corrected chi connectivity index (χ2v) is 4.89. The van der Waals surface area contributed by atoms with Gasteiger partial charge < -0.3 is 5.73 Å². The third kappa shape index (κ3) is 2.76. The zero-order valence-electron chi connectivity index (χ0n) is 9.87. The van der Waals surface area contributed by atoms with Gasteiger partial charge in [0.25, 0.3) is 0 Å². The summed E-state index contributed by atoms with van der Waals surface area (Å²) >= 11 is 1.63. The molecule has 0 aliphatic rings. The third-order valence-corrected chi connectivity index (χ3v) is 3.34. The van der Waals surface area contributed by atoms with Gasteiger partial charge in [0.05, 0.1) is 0 Å². The monoisotopic (exact) mass is 249 g/mol. The van der Waals surface area contributed by atoms with Crippen molar-refractivity contribution in [3.8, 4) is 0 Å². The highest BCUT2D eigenvalue weighted by atomic mass is 32.2. The topological polar surface area (TPSA) is 69.6 Å². The van der Waals surface area contributed by atoms with Crippen LogP contribution in [0.5, 0.6) is 0 Å². The fraction of sp³-hybridized carbons (Fsp3) is 0.364. The predicted octanol–water partition coefficient (Wildman–Crippen LogP) is 2.13. The highest BCUT2D eigenvalue weighted by molar-refractivity contribution is 7.98. The van der Waals surface area contributed by atoms with Gasteiger partial charge in [0.1, 0.15) is 0 Å². The maximum atomic E-state index is 5.78. The van der Waals surface area contributed by atoms with Crippen LogP contribution in [0.25, 0.3) is 0 Å². The minimum Gasteiger partial charge on any atom is -0.368 e. The second kappa shape index (κ2) is 5.18. The van der Waals surface area contributed by atoms with E-state index in [1.165, 1.54) is 5.56 Å². The van der Waals surface area contributed by atoms with Crippen LogP contribution in [0.1, 0.15) is 25.5 Å². The molecule has 5 nitrogen and oxygen atoms in total. The van der Waals surface area contributed by atoms with Crippen molar-refractivity contribution in [3.05, 3.63) is 30.1 Å². The van der Waals surface area contributed by atoms with E-state index in [0.29, 0.717) is 5.95 Å². The fourth-order valence-corrected chi connectivity index (χ4v) is 2.53. The lowest BCUT2D eigenvalue weighted by molar-refractivity contribution is 0.557. The van der Waals surface area contributed by atoms with Crippen molar-refractivity contribution in [1.29, 1.82) is 0 Å². The van der Waals surface area contributed by atoms with Gasteiger partial charge in [-0.05, 0) is 31.5 Å². The van der Waals surface area contributed by atoms with Crippen LogP contribution in [0, 0.1) is 0 Å². The lowest BCUT2D eigenvalue weighted by atomic mass is 10.3. The van der Waals surface area contributed by atoms with Crippen molar-refractivity contribution in [2.24, 2.45) is 0 Å². The van der Waals surface area contributed by atoms with E-state index in [4.69, 9.17) is 5.73 Å². The van der Waals surface area contributed by atoms with E-state index in [1.54, 1.807) is 24.2 Å². The zero-order chi connectivity index (χ0) is 12.3.